The van der Waals surface area contributed by atoms with Crippen LogP contribution in [0.1, 0.15) is 15.9 Å². The molecule has 0 atom stereocenters. The highest BCUT2D eigenvalue weighted by molar-refractivity contribution is 7.92. The zero-order valence-corrected chi connectivity index (χ0v) is 16.8. The number of nitrogens with zero attached hydrogens (tertiary/aromatic N) is 2. The quantitative estimate of drug-likeness (QED) is 0.503. The molecule has 148 valence electrons. The molecule has 0 saturated carbocycles. The lowest BCUT2D eigenvalue weighted by Crippen LogP contribution is -2.39. The number of carboxylic acids is 1. The second kappa shape index (κ2) is 9.05. The largest absolute Gasteiger partial charge is 0.478 e. The predicted octanol–water partition coefficient (Wildman–Crippen LogP) is 2.61. The van der Waals surface area contributed by atoms with Crippen LogP contribution >= 0.6 is 23.2 Å². The molecule has 0 heterocycles. The van der Waals surface area contributed by atoms with Gasteiger partial charge in [-0.3, -0.25) is 9.10 Å². The molecule has 0 aliphatic heterocycles. The molecule has 28 heavy (non-hydrogen) atoms. The molecule has 2 rings (SSSR count). The van der Waals surface area contributed by atoms with Crippen LogP contribution in [0.4, 0.5) is 5.69 Å². The van der Waals surface area contributed by atoms with Gasteiger partial charge in [0, 0.05) is 10.6 Å². The zero-order valence-electron chi connectivity index (χ0n) is 14.5. The van der Waals surface area contributed by atoms with Gasteiger partial charge in [-0.2, -0.15) is 5.10 Å². The van der Waals surface area contributed by atoms with Gasteiger partial charge in [0.15, 0.2) is 0 Å². The number of hydrogen-bond donors (Lipinski definition) is 2. The van der Waals surface area contributed by atoms with E-state index < -0.39 is 28.4 Å². The summed E-state index contributed by atoms with van der Waals surface area (Å²) in [4.78, 5) is 23.3. The fourth-order valence-electron chi connectivity index (χ4n) is 2.20. The Balaban J connectivity index is 2.17. The Bertz CT molecular complexity index is 1040. The molecular formula is C17H15Cl2N3O5S. The van der Waals surface area contributed by atoms with Crippen molar-refractivity contribution in [3.8, 4) is 0 Å². The summed E-state index contributed by atoms with van der Waals surface area (Å²) in [5, 5.41) is 13.1. The van der Waals surface area contributed by atoms with Crippen LogP contribution in [-0.2, 0) is 14.8 Å². The van der Waals surface area contributed by atoms with Crippen LogP contribution in [0.3, 0.4) is 0 Å². The lowest BCUT2D eigenvalue weighted by molar-refractivity contribution is -0.119. The first-order valence-electron chi connectivity index (χ1n) is 7.66. The number of anilines is 1. The molecule has 0 bridgehead atoms. The first-order chi connectivity index (χ1) is 13.1. The van der Waals surface area contributed by atoms with Crippen molar-refractivity contribution >= 4 is 57.0 Å². The van der Waals surface area contributed by atoms with Crippen LogP contribution in [0.2, 0.25) is 10.0 Å². The second-order valence-corrected chi connectivity index (χ2v) is 8.30. The van der Waals surface area contributed by atoms with Crippen molar-refractivity contribution in [3.05, 3.63) is 63.6 Å². The third-order valence-electron chi connectivity index (χ3n) is 3.45. The van der Waals surface area contributed by atoms with E-state index in [0.717, 1.165) is 16.8 Å². The highest BCUT2D eigenvalue weighted by Crippen LogP contribution is 2.30. The molecule has 0 aliphatic rings. The molecule has 2 N–H and O–H groups in total. The van der Waals surface area contributed by atoms with Crippen LogP contribution in [0, 0.1) is 0 Å². The molecule has 11 heteroatoms. The van der Waals surface area contributed by atoms with Gasteiger partial charge in [-0.25, -0.2) is 18.6 Å². The lowest BCUT2D eigenvalue weighted by Gasteiger charge is -2.22. The Kier molecular flexibility index (Phi) is 7.00. The van der Waals surface area contributed by atoms with Crippen molar-refractivity contribution in [1.29, 1.82) is 0 Å². The van der Waals surface area contributed by atoms with Gasteiger partial charge in [0.2, 0.25) is 10.0 Å². The van der Waals surface area contributed by atoms with Crippen LogP contribution in [0.5, 0.6) is 0 Å². The molecule has 0 aromatic heterocycles. The first-order valence-corrected chi connectivity index (χ1v) is 10.3. The van der Waals surface area contributed by atoms with Gasteiger partial charge in [-0.05, 0) is 24.3 Å². The van der Waals surface area contributed by atoms with Gasteiger partial charge in [0.1, 0.15) is 6.54 Å². The summed E-state index contributed by atoms with van der Waals surface area (Å²) < 4.78 is 25.0. The average molecular weight is 444 g/mol. The maximum Gasteiger partial charge on any atom is 0.336 e. The summed E-state index contributed by atoms with van der Waals surface area (Å²) in [6.45, 7) is -0.600. The Morgan fingerprint density at radius 1 is 1.21 bits per heavy atom. The third kappa shape index (κ3) is 5.69. The number of sulfonamides is 1. The van der Waals surface area contributed by atoms with E-state index in [2.05, 4.69) is 10.5 Å². The normalized spacial score (nSPS) is 11.4. The number of benzene rings is 2. The molecular weight excluding hydrogens is 429 g/mol. The SMILES string of the molecule is CS(=O)(=O)N(CC(=O)N/N=C\c1ccccc1C(=O)O)c1cc(Cl)ccc1Cl. The summed E-state index contributed by atoms with van der Waals surface area (Å²) in [5.41, 5.74) is 2.48. The number of carbonyl (C=O) groups excluding carboxylic acids is 1. The number of amides is 1. The molecule has 8 nitrogen and oxygen atoms in total. The fraction of sp³-hybridized carbons (Fsp3) is 0.118. The van der Waals surface area contributed by atoms with E-state index >= 15 is 0 Å². The number of carboxylic acid groups (broad SMARTS) is 1. The van der Waals surface area contributed by atoms with Crippen molar-refractivity contribution in [2.75, 3.05) is 17.1 Å². The maximum absolute atomic E-state index is 12.2. The van der Waals surface area contributed by atoms with Crippen LogP contribution in [0.15, 0.2) is 47.6 Å². The summed E-state index contributed by atoms with van der Waals surface area (Å²) in [5.74, 6) is -1.90. The van der Waals surface area contributed by atoms with Gasteiger partial charge in [0.25, 0.3) is 5.91 Å². The number of halogens is 2. The number of aromatic carboxylic acids is 1. The van der Waals surface area contributed by atoms with Gasteiger partial charge >= 0.3 is 5.97 Å². The van der Waals surface area contributed by atoms with E-state index in [1.165, 1.54) is 30.3 Å². The summed E-state index contributed by atoms with van der Waals surface area (Å²) in [6.07, 6.45) is 2.07. The van der Waals surface area contributed by atoms with Crippen molar-refractivity contribution in [2.45, 2.75) is 0 Å². The summed E-state index contributed by atoms with van der Waals surface area (Å²) in [6, 6.07) is 10.3. The Morgan fingerprint density at radius 3 is 2.54 bits per heavy atom. The van der Waals surface area contributed by atoms with E-state index in [-0.39, 0.29) is 26.9 Å². The highest BCUT2D eigenvalue weighted by atomic mass is 35.5. The van der Waals surface area contributed by atoms with Crippen molar-refractivity contribution < 1.29 is 23.1 Å². The number of hydrogen-bond acceptors (Lipinski definition) is 5. The lowest BCUT2D eigenvalue weighted by atomic mass is 10.1. The monoisotopic (exact) mass is 443 g/mol. The predicted molar refractivity (Wildman–Crippen MR) is 108 cm³/mol. The van der Waals surface area contributed by atoms with E-state index in [9.17, 15) is 18.0 Å². The summed E-state index contributed by atoms with van der Waals surface area (Å²) >= 11 is 11.9. The molecule has 0 unspecified atom stereocenters. The van der Waals surface area contributed by atoms with Crippen molar-refractivity contribution in [2.24, 2.45) is 5.10 Å². The Labute approximate surface area is 171 Å². The zero-order chi connectivity index (χ0) is 20.9. The topological polar surface area (TPSA) is 116 Å². The van der Waals surface area contributed by atoms with Crippen molar-refractivity contribution in [3.63, 3.8) is 0 Å². The van der Waals surface area contributed by atoms with Gasteiger partial charge < -0.3 is 5.11 Å². The first kappa shape index (κ1) is 21.7. The number of nitrogens with one attached hydrogen (secondary N) is 1. The minimum Gasteiger partial charge on any atom is -0.478 e. The van der Waals surface area contributed by atoms with Crippen LogP contribution < -0.4 is 9.73 Å². The molecule has 2 aromatic carbocycles. The second-order valence-electron chi connectivity index (χ2n) is 5.55. The molecule has 0 saturated heterocycles. The van der Waals surface area contributed by atoms with Crippen LogP contribution in [-0.4, -0.2) is 44.4 Å². The molecule has 1 amide bonds. The molecule has 0 fully saturated rings. The smallest absolute Gasteiger partial charge is 0.336 e. The molecule has 0 spiro atoms. The molecule has 0 radical (unpaired) electrons. The van der Waals surface area contributed by atoms with E-state index in [4.69, 9.17) is 28.3 Å². The Morgan fingerprint density at radius 2 is 1.89 bits per heavy atom. The molecule has 0 aliphatic carbocycles. The van der Waals surface area contributed by atoms with Crippen molar-refractivity contribution in [1.82, 2.24) is 5.43 Å². The minimum absolute atomic E-state index is 0.00368. The minimum atomic E-state index is -3.85. The number of carbonyl (C=O) groups is 2. The number of hydrazone groups is 1. The molecule has 2 aromatic rings. The Hall–Kier alpha value is -2.62. The van der Waals surface area contributed by atoms with E-state index in [1.54, 1.807) is 12.1 Å². The number of rotatable bonds is 7. The van der Waals surface area contributed by atoms with E-state index in [1.807, 2.05) is 0 Å². The van der Waals surface area contributed by atoms with Gasteiger partial charge in [-0.1, -0.05) is 41.4 Å². The van der Waals surface area contributed by atoms with Gasteiger partial charge in [-0.15, -0.1) is 0 Å². The highest BCUT2D eigenvalue weighted by Gasteiger charge is 2.23. The fourth-order valence-corrected chi connectivity index (χ4v) is 3.50. The standard InChI is InChI=1S/C17H15Cl2N3O5S/c1-28(26,27)22(15-8-12(18)6-7-14(15)19)10-16(23)21-20-9-11-4-2-3-5-13(11)17(24)25/h2-9H,10H2,1H3,(H,21,23)(H,24,25)/b20-9-. The average Bonchev–Trinajstić information content (AvgIpc) is 2.61. The van der Waals surface area contributed by atoms with Crippen LogP contribution in [0.25, 0.3) is 0 Å². The summed E-state index contributed by atoms with van der Waals surface area (Å²) in [7, 11) is -3.85. The third-order valence-corrected chi connectivity index (χ3v) is 5.13. The maximum atomic E-state index is 12.2. The van der Waals surface area contributed by atoms with E-state index in [0.29, 0.717) is 0 Å². The van der Waals surface area contributed by atoms with Gasteiger partial charge in [0.05, 0.1) is 28.7 Å².